The lowest BCUT2D eigenvalue weighted by Gasteiger charge is -2.29. The molecule has 110 valence electrons. The van der Waals surface area contributed by atoms with Gasteiger partial charge in [-0.3, -0.25) is 0 Å². The molecule has 0 fully saturated rings. The molecule has 1 aliphatic carbocycles. The average molecular weight is 396 g/mol. The first-order chi connectivity index (χ1) is 10.3. The van der Waals surface area contributed by atoms with Crippen LogP contribution in [-0.2, 0) is 11.2 Å². The first-order valence-electron chi connectivity index (χ1n) is 7.32. The van der Waals surface area contributed by atoms with E-state index in [1.54, 1.807) is 12.1 Å². The van der Waals surface area contributed by atoms with Crippen LogP contribution in [0.1, 0.15) is 41.7 Å². The zero-order valence-electron chi connectivity index (χ0n) is 11.8. The molecule has 0 heterocycles. The summed E-state index contributed by atoms with van der Waals surface area (Å²) in [6.07, 6.45) is 3.39. The van der Waals surface area contributed by atoms with Crippen molar-refractivity contribution in [3.05, 3.63) is 71.0 Å². The zero-order valence-corrected chi connectivity index (χ0v) is 13.9. The van der Waals surface area contributed by atoms with Crippen LogP contribution in [0.5, 0.6) is 0 Å². The quantitative estimate of drug-likeness (QED) is 0.497. The minimum atomic E-state index is -0.199. The number of benzene rings is 2. The summed E-state index contributed by atoms with van der Waals surface area (Å²) in [4.78, 5) is 0. The topological polar surface area (TPSA) is 9.23 Å². The fraction of sp³-hybridized carbons (Fsp3) is 0.333. The van der Waals surface area contributed by atoms with Gasteiger partial charge in [0.2, 0.25) is 0 Å². The number of rotatable bonds is 4. The predicted molar refractivity (Wildman–Crippen MR) is 91.2 cm³/mol. The Hall–Kier alpha value is -0.940. The second-order valence-corrected chi connectivity index (χ2v) is 6.29. The molecule has 3 heteroatoms. The summed E-state index contributed by atoms with van der Waals surface area (Å²) >= 11 is 2.31. The van der Waals surface area contributed by atoms with Crippen molar-refractivity contribution in [2.45, 2.75) is 31.5 Å². The van der Waals surface area contributed by atoms with E-state index in [2.05, 4.69) is 46.9 Å². The first kappa shape index (κ1) is 15.0. The van der Waals surface area contributed by atoms with E-state index in [9.17, 15) is 4.39 Å². The second kappa shape index (κ2) is 6.88. The summed E-state index contributed by atoms with van der Waals surface area (Å²) in [6.45, 7) is 0. The van der Waals surface area contributed by atoms with Crippen molar-refractivity contribution in [2.24, 2.45) is 0 Å². The van der Waals surface area contributed by atoms with Crippen LogP contribution in [0.4, 0.5) is 4.39 Å². The summed E-state index contributed by atoms with van der Waals surface area (Å²) in [5.74, 6) is -0.199. The van der Waals surface area contributed by atoms with Crippen molar-refractivity contribution in [1.82, 2.24) is 0 Å². The molecule has 2 unspecified atom stereocenters. The van der Waals surface area contributed by atoms with E-state index in [4.69, 9.17) is 4.74 Å². The molecule has 0 N–H and O–H groups in total. The van der Waals surface area contributed by atoms with E-state index in [1.165, 1.54) is 17.2 Å². The summed E-state index contributed by atoms with van der Waals surface area (Å²) in [5, 5.41) is 0. The smallest absolute Gasteiger partial charge is 0.123 e. The molecule has 0 saturated carbocycles. The molecule has 1 aliphatic rings. The van der Waals surface area contributed by atoms with Gasteiger partial charge in [0.05, 0.1) is 12.2 Å². The highest BCUT2D eigenvalue weighted by Crippen LogP contribution is 2.36. The monoisotopic (exact) mass is 396 g/mol. The Labute approximate surface area is 138 Å². The highest BCUT2D eigenvalue weighted by atomic mass is 127. The SMILES string of the molecule is Fc1cccc(C(CI)OC2CCCc3ccccc32)c1. The van der Waals surface area contributed by atoms with E-state index in [0.29, 0.717) is 0 Å². The lowest BCUT2D eigenvalue weighted by molar-refractivity contribution is -0.0102. The van der Waals surface area contributed by atoms with Crippen LogP contribution >= 0.6 is 22.6 Å². The largest absolute Gasteiger partial charge is 0.365 e. The molecule has 3 rings (SSSR count). The van der Waals surface area contributed by atoms with E-state index < -0.39 is 0 Å². The fourth-order valence-electron chi connectivity index (χ4n) is 2.96. The van der Waals surface area contributed by atoms with Gasteiger partial charge < -0.3 is 4.74 Å². The molecular formula is C18H18FIO. The highest BCUT2D eigenvalue weighted by molar-refractivity contribution is 14.1. The minimum absolute atomic E-state index is 0.0579. The highest BCUT2D eigenvalue weighted by Gasteiger charge is 2.24. The molecule has 2 aromatic carbocycles. The normalized spacial score (nSPS) is 19.0. The number of alkyl halides is 1. The zero-order chi connectivity index (χ0) is 14.7. The Kier molecular flexibility index (Phi) is 4.91. The molecule has 2 aromatic rings. The number of hydrogen-bond donors (Lipinski definition) is 0. The molecule has 0 radical (unpaired) electrons. The molecule has 0 aliphatic heterocycles. The number of aryl methyl sites for hydroxylation is 1. The van der Waals surface area contributed by atoms with Gasteiger partial charge in [0.15, 0.2) is 0 Å². The summed E-state index contributed by atoms with van der Waals surface area (Å²) in [6, 6.07) is 15.3. The number of ether oxygens (including phenoxy) is 1. The summed E-state index contributed by atoms with van der Waals surface area (Å²) in [5.41, 5.74) is 3.61. The minimum Gasteiger partial charge on any atom is -0.365 e. The van der Waals surface area contributed by atoms with Crippen LogP contribution in [0, 0.1) is 5.82 Å². The lowest BCUT2D eigenvalue weighted by atomic mass is 9.89. The van der Waals surface area contributed by atoms with E-state index >= 15 is 0 Å². The maximum atomic E-state index is 13.4. The third-order valence-electron chi connectivity index (χ3n) is 4.00. The Morgan fingerprint density at radius 3 is 2.86 bits per heavy atom. The predicted octanol–water partition coefficient (Wildman–Crippen LogP) is 5.40. The molecule has 0 saturated heterocycles. The molecule has 0 spiro atoms. The fourth-order valence-corrected chi connectivity index (χ4v) is 3.68. The van der Waals surface area contributed by atoms with Gasteiger partial charge in [0, 0.05) is 4.43 Å². The number of hydrogen-bond acceptors (Lipinski definition) is 1. The first-order valence-corrected chi connectivity index (χ1v) is 8.85. The van der Waals surface area contributed by atoms with Crippen molar-refractivity contribution < 1.29 is 9.13 Å². The van der Waals surface area contributed by atoms with Gasteiger partial charge in [0.1, 0.15) is 5.82 Å². The van der Waals surface area contributed by atoms with Gasteiger partial charge in [-0.1, -0.05) is 59.0 Å². The van der Waals surface area contributed by atoms with Crippen LogP contribution in [0.3, 0.4) is 0 Å². The molecule has 21 heavy (non-hydrogen) atoms. The Balaban J connectivity index is 1.82. The van der Waals surface area contributed by atoms with Crippen molar-refractivity contribution in [2.75, 3.05) is 4.43 Å². The van der Waals surface area contributed by atoms with Crippen LogP contribution in [0.2, 0.25) is 0 Å². The molecule has 0 aromatic heterocycles. The van der Waals surface area contributed by atoms with E-state index in [0.717, 1.165) is 29.3 Å². The van der Waals surface area contributed by atoms with E-state index in [-0.39, 0.29) is 18.0 Å². The third kappa shape index (κ3) is 3.46. The second-order valence-electron chi connectivity index (χ2n) is 5.41. The van der Waals surface area contributed by atoms with Crippen LogP contribution < -0.4 is 0 Å². The van der Waals surface area contributed by atoms with Gasteiger partial charge in [-0.15, -0.1) is 0 Å². The number of fused-ring (bicyclic) bond motifs is 1. The number of halogens is 2. The maximum Gasteiger partial charge on any atom is 0.123 e. The Morgan fingerprint density at radius 1 is 1.19 bits per heavy atom. The Morgan fingerprint density at radius 2 is 2.05 bits per heavy atom. The van der Waals surface area contributed by atoms with Gasteiger partial charge in [0.25, 0.3) is 0 Å². The Bertz CT molecular complexity index is 614. The summed E-state index contributed by atoms with van der Waals surface area (Å²) < 4.78 is 20.6. The standard InChI is InChI=1S/C18H18FIO/c19-15-8-3-7-14(11-15)18(12-20)21-17-10-4-6-13-5-1-2-9-16(13)17/h1-3,5,7-9,11,17-18H,4,6,10,12H2. The molecular weight excluding hydrogens is 378 g/mol. The van der Waals surface area contributed by atoms with Crippen molar-refractivity contribution in [3.8, 4) is 0 Å². The van der Waals surface area contributed by atoms with Crippen molar-refractivity contribution in [1.29, 1.82) is 0 Å². The molecule has 0 bridgehead atoms. The maximum absolute atomic E-state index is 13.4. The van der Waals surface area contributed by atoms with Crippen molar-refractivity contribution in [3.63, 3.8) is 0 Å². The van der Waals surface area contributed by atoms with E-state index in [1.807, 2.05) is 6.07 Å². The molecule has 1 nitrogen and oxygen atoms in total. The summed E-state index contributed by atoms with van der Waals surface area (Å²) in [7, 11) is 0. The third-order valence-corrected chi connectivity index (χ3v) is 4.80. The van der Waals surface area contributed by atoms with Gasteiger partial charge in [-0.05, 0) is 48.1 Å². The van der Waals surface area contributed by atoms with Gasteiger partial charge in [-0.25, -0.2) is 4.39 Å². The molecule has 2 atom stereocenters. The van der Waals surface area contributed by atoms with Crippen LogP contribution in [0.25, 0.3) is 0 Å². The van der Waals surface area contributed by atoms with Gasteiger partial charge >= 0.3 is 0 Å². The lowest BCUT2D eigenvalue weighted by Crippen LogP contribution is -2.16. The van der Waals surface area contributed by atoms with Crippen LogP contribution in [-0.4, -0.2) is 4.43 Å². The van der Waals surface area contributed by atoms with Crippen LogP contribution in [0.15, 0.2) is 48.5 Å². The van der Waals surface area contributed by atoms with Gasteiger partial charge in [-0.2, -0.15) is 0 Å². The average Bonchev–Trinajstić information content (AvgIpc) is 2.52. The van der Waals surface area contributed by atoms with Crippen molar-refractivity contribution >= 4 is 22.6 Å². The molecule has 0 amide bonds.